The molecule has 0 radical (unpaired) electrons. The average molecular weight is 380 g/mol. The standard InChI is InChI=1S/C20H16N2O4S/c1-25-16-8-7-12(9-17(16)26-2)18-21-13(11-27-18)10-22-19(23)14-5-3-4-6-15(14)20(22)24/h3-9,11H,10H2,1-2H3. The molecule has 0 bridgehead atoms. The maximum Gasteiger partial charge on any atom is 0.261 e. The molecule has 7 heteroatoms. The van der Waals surface area contributed by atoms with E-state index in [0.29, 0.717) is 28.3 Å². The van der Waals surface area contributed by atoms with Crippen molar-refractivity contribution in [3.05, 3.63) is 64.7 Å². The molecule has 1 aromatic heterocycles. The average Bonchev–Trinajstić information content (AvgIpc) is 3.27. The summed E-state index contributed by atoms with van der Waals surface area (Å²) >= 11 is 1.45. The molecule has 4 rings (SSSR count). The highest BCUT2D eigenvalue weighted by molar-refractivity contribution is 7.13. The van der Waals surface area contributed by atoms with Crippen molar-refractivity contribution in [2.24, 2.45) is 0 Å². The van der Waals surface area contributed by atoms with Gasteiger partial charge in [-0.05, 0) is 30.3 Å². The van der Waals surface area contributed by atoms with Crippen LogP contribution in [-0.2, 0) is 6.54 Å². The Labute approximate surface area is 160 Å². The number of carbonyl (C=O) groups is 2. The maximum atomic E-state index is 12.5. The lowest BCUT2D eigenvalue weighted by Crippen LogP contribution is -2.29. The zero-order chi connectivity index (χ0) is 19.0. The first-order chi connectivity index (χ1) is 13.1. The molecule has 0 saturated heterocycles. The Balaban J connectivity index is 1.58. The summed E-state index contributed by atoms with van der Waals surface area (Å²) in [5, 5.41) is 2.64. The van der Waals surface area contributed by atoms with Crippen molar-refractivity contribution in [2.75, 3.05) is 14.2 Å². The van der Waals surface area contributed by atoms with E-state index in [4.69, 9.17) is 9.47 Å². The van der Waals surface area contributed by atoms with Crippen LogP contribution in [0.1, 0.15) is 26.4 Å². The highest BCUT2D eigenvalue weighted by Crippen LogP contribution is 2.34. The third-order valence-corrected chi connectivity index (χ3v) is 5.32. The highest BCUT2D eigenvalue weighted by atomic mass is 32.1. The molecule has 2 heterocycles. The number of carbonyl (C=O) groups excluding carboxylic acids is 2. The summed E-state index contributed by atoms with van der Waals surface area (Å²) in [4.78, 5) is 30.8. The van der Waals surface area contributed by atoms with Crippen LogP contribution in [0.5, 0.6) is 11.5 Å². The summed E-state index contributed by atoms with van der Waals surface area (Å²) < 4.78 is 10.6. The lowest BCUT2D eigenvalue weighted by Gasteiger charge is -2.11. The number of imide groups is 1. The molecule has 27 heavy (non-hydrogen) atoms. The van der Waals surface area contributed by atoms with Crippen molar-refractivity contribution < 1.29 is 19.1 Å². The van der Waals surface area contributed by atoms with Crippen LogP contribution in [0, 0.1) is 0 Å². The topological polar surface area (TPSA) is 68.7 Å². The van der Waals surface area contributed by atoms with E-state index in [1.807, 2.05) is 23.6 Å². The molecular weight excluding hydrogens is 364 g/mol. The summed E-state index contributed by atoms with van der Waals surface area (Å²) in [5.74, 6) is 0.698. The fraction of sp³-hybridized carbons (Fsp3) is 0.150. The zero-order valence-electron chi connectivity index (χ0n) is 14.8. The predicted octanol–water partition coefficient (Wildman–Crippen LogP) is 3.62. The van der Waals surface area contributed by atoms with Gasteiger partial charge in [-0.1, -0.05) is 12.1 Å². The normalized spacial score (nSPS) is 13.0. The van der Waals surface area contributed by atoms with Gasteiger partial charge in [0.25, 0.3) is 11.8 Å². The largest absolute Gasteiger partial charge is 0.493 e. The van der Waals surface area contributed by atoms with Gasteiger partial charge in [0.05, 0.1) is 37.6 Å². The molecule has 1 aliphatic rings. The predicted molar refractivity (Wildman–Crippen MR) is 101 cm³/mol. The van der Waals surface area contributed by atoms with E-state index in [2.05, 4.69) is 4.98 Å². The van der Waals surface area contributed by atoms with Crippen molar-refractivity contribution in [1.29, 1.82) is 0 Å². The fourth-order valence-corrected chi connectivity index (χ4v) is 3.83. The molecule has 1 aliphatic heterocycles. The van der Waals surface area contributed by atoms with Crippen molar-refractivity contribution in [1.82, 2.24) is 9.88 Å². The lowest BCUT2D eigenvalue weighted by atomic mass is 10.1. The van der Waals surface area contributed by atoms with Crippen LogP contribution >= 0.6 is 11.3 Å². The van der Waals surface area contributed by atoms with Crippen molar-refractivity contribution in [2.45, 2.75) is 6.54 Å². The van der Waals surface area contributed by atoms with Crippen LogP contribution in [0.4, 0.5) is 0 Å². The van der Waals surface area contributed by atoms with Crippen LogP contribution in [0.25, 0.3) is 10.6 Å². The van der Waals surface area contributed by atoms with Crippen molar-refractivity contribution in [3.8, 4) is 22.1 Å². The molecule has 2 amide bonds. The molecule has 0 fully saturated rings. The summed E-state index contributed by atoms with van der Waals surface area (Å²) in [6.07, 6.45) is 0. The van der Waals surface area contributed by atoms with Gasteiger partial charge in [0, 0.05) is 10.9 Å². The van der Waals surface area contributed by atoms with Crippen molar-refractivity contribution in [3.63, 3.8) is 0 Å². The summed E-state index contributed by atoms with van der Waals surface area (Å²) in [6, 6.07) is 12.4. The zero-order valence-corrected chi connectivity index (χ0v) is 15.6. The van der Waals surface area contributed by atoms with E-state index in [-0.39, 0.29) is 18.4 Å². The number of ether oxygens (including phenoxy) is 2. The number of methoxy groups -OCH3 is 2. The van der Waals surface area contributed by atoms with Gasteiger partial charge in [-0.25, -0.2) is 4.98 Å². The van der Waals surface area contributed by atoms with Gasteiger partial charge in [0.1, 0.15) is 5.01 Å². The molecule has 0 saturated carbocycles. The van der Waals surface area contributed by atoms with E-state index in [0.717, 1.165) is 10.6 Å². The molecule has 0 atom stereocenters. The van der Waals surface area contributed by atoms with E-state index in [1.165, 1.54) is 16.2 Å². The van der Waals surface area contributed by atoms with E-state index in [1.54, 1.807) is 38.5 Å². The summed E-state index contributed by atoms with van der Waals surface area (Å²) in [7, 11) is 3.16. The minimum absolute atomic E-state index is 0.149. The summed E-state index contributed by atoms with van der Waals surface area (Å²) in [5.41, 5.74) is 2.43. The van der Waals surface area contributed by atoms with E-state index >= 15 is 0 Å². The van der Waals surface area contributed by atoms with Crippen LogP contribution in [0.3, 0.4) is 0 Å². The monoisotopic (exact) mass is 380 g/mol. The van der Waals surface area contributed by atoms with Gasteiger partial charge in [-0.3, -0.25) is 14.5 Å². The van der Waals surface area contributed by atoms with Gasteiger partial charge in [0.15, 0.2) is 11.5 Å². The molecule has 0 unspecified atom stereocenters. The van der Waals surface area contributed by atoms with Crippen LogP contribution < -0.4 is 9.47 Å². The number of hydrogen-bond donors (Lipinski definition) is 0. The lowest BCUT2D eigenvalue weighted by molar-refractivity contribution is 0.0640. The summed E-state index contributed by atoms with van der Waals surface area (Å²) in [6.45, 7) is 0.149. The minimum atomic E-state index is -0.281. The number of thiazole rings is 1. The first kappa shape index (κ1) is 17.2. The Morgan fingerprint density at radius 2 is 1.63 bits per heavy atom. The number of nitrogens with zero attached hydrogens (tertiary/aromatic N) is 2. The quantitative estimate of drug-likeness (QED) is 0.633. The Kier molecular flexibility index (Phi) is 4.37. The number of rotatable bonds is 5. The van der Waals surface area contributed by atoms with Gasteiger partial charge >= 0.3 is 0 Å². The highest BCUT2D eigenvalue weighted by Gasteiger charge is 2.35. The van der Waals surface area contributed by atoms with Gasteiger partial charge < -0.3 is 9.47 Å². The van der Waals surface area contributed by atoms with Crippen LogP contribution in [0.2, 0.25) is 0 Å². The van der Waals surface area contributed by atoms with Crippen LogP contribution in [-0.4, -0.2) is 35.9 Å². The number of benzene rings is 2. The smallest absolute Gasteiger partial charge is 0.261 e. The van der Waals surface area contributed by atoms with Crippen molar-refractivity contribution >= 4 is 23.2 Å². The molecule has 0 aliphatic carbocycles. The molecule has 2 aromatic carbocycles. The third-order valence-electron chi connectivity index (χ3n) is 4.38. The van der Waals surface area contributed by atoms with Gasteiger partial charge in [-0.2, -0.15) is 0 Å². The second-order valence-corrected chi connectivity index (χ2v) is 6.81. The molecule has 0 N–H and O–H groups in total. The SMILES string of the molecule is COc1ccc(-c2nc(CN3C(=O)c4ccccc4C3=O)cs2)cc1OC. The Morgan fingerprint density at radius 3 is 2.26 bits per heavy atom. The first-order valence-electron chi connectivity index (χ1n) is 8.24. The molecule has 0 spiro atoms. The number of fused-ring (bicyclic) bond motifs is 1. The van der Waals surface area contributed by atoms with Gasteiger partial charge in [0.2, 0.25) is 0 Å². The molecule has 3 aromatic rings. The third kappa shape index (κ3) is 2.96. The second-order valence-electron chi connectivity index (χ2n) is 5.96. The minimum Gasteiger partial charge on any atom is -0.493 e. The Morgan fingerprint density at radius 1 is 0.963 bits per heavy atom. The van der Waals surface area contributed by atoms with E-state index < -0.39 is 0 Å². The molecule has 6 nitrogen and oxygen atoms in total. The Bertz CT molecular complexity index is 1010. The molecular formula is C20H16N2O4S. The van der Waals surface area contributed by atoms with Gasteiger partial charge in [-0.15, -0.1) is 11.3 Å². The number of aromatic nitrogens is 1. The first-order valence-corrected chi connectivity index (χ1v) is 9.12. The fourth-order valence-electron chi connectivity index (χ4n) is 3.03. The van der Waals surface area contributed by atoms with E-state index in [9.17, 15) is 9.59 Å². The molecule has 136 valence electrons. The second kappa shape index (κ2) is 6.85. The Hall–Kier alpha value is -3.19. The number of hydrogen-bond acceptors (Lipinski definition) is 6. The maximum absolute atomic E-state index is 12.5. The number of amides is 2. The van der Waals surface area contributed by atoms with Crippen LogP contribution in [0.15, 0.2) is 47.8 Å².